The zero-order chi connectivity index (χ0) is 10.1. The van der Waals surface area contributed by atoms with E-state index in [9.17, 15) is 0 Å². The Morgan fingerprint density at radius 3 is 2.23 bits per heavy atom. The van der Waals surface area contributed by atoms with E-state index in [0.717, 1.165) is 0 Å². The minimum Gasteiger partial charge on any atom is -0.130 e. The second-order valence-corrected chi connectivity index (χ2v) is 6.14. The molecular weight excluding hydrogens is 291 g/mol. The molecule has 0 amide bonds. The molecule has 0 nitrogen and oxygen atoms in total. The van der Waals surface area contributed by atoms with Crippen LogP contribution in [0.25, 0.3) is 0 Å². The van der Waals surface area contributed by atoms with Crippen molar-refractivity contribution >= 4 is 34.4 Å². The number of thioether (sulfide) groups is 1. The second kappa shape index (κ2) is 4.22. The van der Waals surface area contributed by atoms with E-state index in [1.807, 2.05) is 0 Å². The Bertz CT molecular complexity index is 299. The van der Waals surface area contributed by atoms with Gasteiger partial charge in [-0.05, 0) is 52.0 Å². The predicted molar refractivity (Wildman–Crippen MR) is 69.6 cm³/mol. The van der Waals surface area contributed by atoms with Crippen molar-refractivity contribution in [3.63, 3.8) is 0 Å². The first-order valence-electron chi connectivity index (χ1n) is 4.29. The van der Waals surface area contributed by atoms with E-state index in [4.69, 9.17) is 0 Å². The van der Waals surface area contributed by atoms with Crippen molar-refractivity contribution in [3.8, 4) is 0 Å². The average Bonchev–Trinajstić information content (AvgIpc) is 2.01. The van der Waals surface area contributed by atoms with Gasteiger partial charge >= 0.3 is 0 Å². The molecule has 0 aliphatic carbocycles. The molecule has 0 spiro atoms. The molecule has 0 aliphatic heterocycles. The van der Waals surface area contributed by atoms with Crippen LogP contribution in [0.15, 0.2) is 23.1 Å². The fraction of sp³-hybridized carbons (Fsp3) is 0.455. The molecule has 0 saturated carbocycles. The van der Waals surface area contributed by atoms with Crippen LogP contribution in [-0.2, 0) is 5.41 Å². The molecule has 0 aliphatic rings. The lowest BCUT2D eigenvalue weighted by Crippen LogP contribution is -2.12. The number of hydrogen-bond acceptors (Lipinski definition) is 1. The standard InChI is InChI=1S/C11H15IS/c1-11(2,3)9-6-5-8(13-4)7-10(9)12/h5-7H,1-4H3. The van der Waals surface area contributed by atoms with Gasteiger partial charge in [0.25, 0.3) is 0 Å². The zero-order valence-corrected chi connectivity index (χ0v) is 11.5. The van der Waals surface area contributed by atoms with Crippen LogP contribution in [0.1, 0.15) is 26.3 Å². The van der Waals surface area contributed by atoms with Crippen LogP contribution in [0.2, 0.25) is 0 Å². The van der Waals surface area contributed by atoms with Crippen LogP contribution in [0.3, 0.4) is 0 Å². The molecule has 1 aromatic rings. The summed E-state index contributed by atoms with van der Waals surface area (Å²) < 4.78 is 1.37. The molecule has 1 rings (SSSR count). The Balaban J connectivity index is 3.13. The third-order valence-electron chi connectivity index (χ3n) is 1.98. The molecule has 0 atom stereocenters. The normalized spacial score (nSPS) is 11.8. The largest absolute Gasteiger partial charge is 0.130 e. The molecule has 0 unspecified atom stereocenters. The summed E-state index contributed by atoms with van der Waals surface area (Å²) in [4.78, 5) is 1.34. The molecule has 0 heterocycles. The first kappa shape index (κ1) is 11.4. The maximum Gasteiger partial charge on any atom is 0.0178 e. The van der Waals surface area contributed by atoms with Crippen molar-refractivity contribution in [2.45, 2.75) is 31.1 Å². The van der Waals surface area contributed by atoms with E-state index in [-0.39, 0.29) is 5.41 Å². The number of hydrogen-bond donors (Lipinski definition) is 0. The van der Waals surface area contributed by atoms with Crippen LogP contribution in [-0.4, -0.2) is 6.26 Å². The summed E-state index contributed by atoms with van der Waals surface area (Å²) in [5, 5.41) is 0. The molecule has 0 bridgehead atoms. The highest BCUT2D eigenvalue weighted by molar-refractivity contribution is 14.1. The maximum absolute atomic E-state index is 2.42. The van der Waals surface area contributed by atoms with Gasteiger partial charge in [0.05, 0.1) is 0 Å². The van der Waals surface area contributed by atoms with E-state index in [0.29, 0.717) is 0 Å². The van der Waals surface area contributed by atoms with Crippen molar-refractivity contribution in [2.24, 2.45) is 0 Å². The Morgan fingerprint density at radius 2 is 1.85 bits per heavy atom. The van der Waals surface area contributed by atoms with E-state index < -0.39 is 0 Å². The number of rotatable bonds is 1. The maximum atomic E-state index is 2.42. The van der Waals surface area contributed by atoms with Crippen molar-refractivity contribution in [3.05, 3.63) is 27.3 Å². The highest BCUT2D eigenvalue weighted by Gasteiger charge is 2.16. The molecule has 0 aromatic heterocycles. The zero-order valence-electron chi connectivity index (χ0n) is 8.52. The van der Waals surface area contributed by atoms with E-state index >= 15 is 0 Å². The Hall–Kier alpha value is 0.300. The van der Waals surface area contributed by atoms with Gasteiger partial charge < -0.3 is 0 Å². The summed E-state index contributed by atoms with van der Waals surface area (Å²) in [6.07, 6.45) is 2.11. The van der Waals surface area contributed by atoms with Crippen molar-refractivity contribution in [2.75, 3.05) is 6.26 Å². The van der Waals surface area contributed by atoms with Gasteiger partial charge in [-0.3, -0.25) is 0 Å². The number of benzene rings is 1. The summed E-state index contributed by atoms with van der Waals surface area (Å²) in [5.41, 5.74) is 1.69. The summed E-state index contributed by atoms with van der Waals surface area (Å²) in [6.45, 7) is 6.76. The van der Waals surface area contributed by atoms with Crippen molar-refractivity contribution in [1.29, 1.82) is 0 Å². The highest BCUT2D eigenvalue weighted by Crippen LogP contribution is 2.29. The third-order valence-corrected chi connectivity index (χ3v) is 3.60. The van der Waals surface area contributed by atoms with Gasteiger partial charge in [0.15, 0.2) is 0 Å². The minimum atomic E-state index is 0.257. The molecule has 1 aromatic carbocycles. The van der Waals surface area contributed by atoms with Gasteiger partial charge in [0, 0.05) is 8.47 Å². The molecular formula is C11H15IS. The van der Waals surface area contributed by atoms with Gasteiger partial charge in [0.1, 0.15) is 0 Å². The van der Waals surface area contributed by atoms with Crippen LogP contribution >= 0.6 is 34.4 Å². The smallest absolute Gasteiger partial charge is 0.0178 e. The van der Waals surface area contributed by atoms with E-state index in [1.165, 1.54) is 14.0 Å². The van der Waals surface area contributed by atoms with Gasteiger partial charge in [0.2, 0.25) is 0 Å². The van der Waals surface area contributed by atoms with Crippen LogP contribution in [0, 0.1) is 3.57 Å². The molecule has 2 heteroatoms. The Labute approximate surface area is 98.6 Å². The monoisotopic (exact) mass is 306 g/mol. The van der Waals surface area contributed by atoms with Gasteiger partial charge in [-0.1, -0.05) is 26.8 Å². The topological polar surface area (TPSA) is 0 Å². The van der Waals surface area contributed by atoms with E-state index in [2.05, 4.69) is 67.8 Å². The Kier molecular flexibility index (Phi) is 3.69. The van der Waals surface area contributed by atoms with E-state index in [1.54, 1.807) is 11.8 Å². The Morgan fingerprint density at radius 1 is 1.23 bits per heavy atom. The molecule has 72 valence electrons. The molecule has 0 N–H and O–H groups in total. The van der Waals surface area contributed by atoms with Crippen molar-refractivity contribution < 1.29 is 0 Å². The third kappa shape index (κ3) is 2.88. The van der Waals surface area contributed by atoms with Gasteiger partial charge in [-0.15, -0.1) is 11.8 Å². The SMILES string of the molecule is CSc1ccc(C(C)(C)C)c(I)c1. The molecule has 0 radical (unpaired) electrons. The molecule has 13 heavy (non-hydrogen) atoms. The predicted octanol–water partition coefficient (Wildman–Crippen LogP) is 4.31. The average molecular weight is 306 g/mol. The lowest BCUT2D eigenvalue weighted by Gasteiger charge is -2.21. The summed E-state index contributed by atoms with van der Waals surface area (Å²) in [5.74, 6) is 0. The highest BCUT2D eigenvalue weighted by atomic mass is 127. The van der Waals surface area contributed by atoms with Gasteiger partial charge in [-0.25, -0.2) is 0 Å². The second-order valence-electron chi connectivity index (χ2n) is 4.10. The molecule has 0 saturated heterocycles. The summed E-state index contributed by atoms with van der Waals surface area (Å²) >= 11 is 4.22. The fourth-order valence-electron chi connectivity index (χ4n) is 1.23. The first-order valence-corrected chi connectivity index (χ1v) is 6.59. The minimum absolute atomic E-state index is 0.257. The lowest BCUT2D eigenvalue weighted by atomic mass is 9.87. The van der Waals surface area contributed by atoms with Crippen LogP contribution in [0.5, 0.6) is 0 Å². The van der Waals surface area contributed by atoms with Crippen LogP contribution in [0.4, 0.5) is 0 Å². The van der Waals surface area contributed by atoms with Gasteiger partial charge in [-0.2, -0.15) is 0 Å². The molecule has 0 fully saturated rings. The fourth-order valence-corrected chi connectivity index (χ4v) is 3.21. The summed E-state index contributed by atoms with van der Waals surface area (Å²) in [7, 11) is 0. The van der Waals surface area contributed by atoms with Crippen molar-refractivity contribution in [1.82, 2.24) is 0 Å². The first-order chi connectivity index (χ1) is 5.95. The van der Waals surface area contributed by atoms with Crippen LogP contribution < -0.4 is 0 Å². The quantitative estimate of drug-likeness (QED) is 0.550. The summed E-state index contributed by atoms with van der Waals surface area (Å²) in [6, 6.07) is 6.70. The number of halogens is 1. The lowest BCUT2D eigenvalue weighted by molar-refractivity contribution is 0.586.